The maximum atomic E-state index is 5.56. The van der Waals surface area contributed by atoms with Gasteiger partial charge in [-0.3, -0.25) is 4.68 Å². The molecule has 5 heterocycles. The van der Waals surface area contributed by atoms with E-state index in [0.29, 0.717) is 18.6 Å². The third-order valence-electron chi connectivity index (χ3n) is 6.06. The molecule has 2 aliphatic heterocycles. The van der Waals surface area contributed by atoms with E-state index in [1.54, 1.807) is 18.0 Å². The molecule has 2 aliphatic rings. The molecule has 0 bridgehead atoms. The Bertz CT molecular complexity index is 1080. The molecule has 1 unspecified atom stereocenters. The molecular weight excluding hydrogens is 392 g/mol. The van der Waals surface area contributed by atoms with Crippen LogP contribution in [-0.4, -0.2) is 51.5 Å². The van der Waals surface area contributed by atoms with Crippen molar-refractivity contribution in [3.8, 4) is 0 Å². The van der Waals surface area contributed by atoms with Gasteiger partial charge in [-0.2, -0.15) is 10.1 Å². The largest absolute Gasteiger partial charge is 0.384 e. The first-order chi connectivity index (χ1) is 15.1. The summed E-state index contributed by atoms with van der Waals surface area (Å²) in [5.41, 5.74) is 2.77. The van der Waals surface area contributed by atoms with Gasteiger partial charge in [0.25, 0.3) is 0 Å². The number of hydrogen-bond donors (Lipinski definition) is 2. The van der Waals surface area contributed by atoms with Crippen molar-refractivity contribution in [2.24, 2.45) is 7.05 Å². The van der Waals surface area contributed by atoms with Crippen molar-refractivity contribution in [2.75, 3.05) is 37.0 Å². The predicted molar refractivity (Wildman–Crippen MR) is 119 cm³/mol. The third-order valence-corrected chi connectivity index (χ3v) is 6.06. The van der Waals surface area contributed by atoms with Gasteiger partial charge in [-0.05, 0) is 31.5 Å². The molecule has 31 heavy (non-hydrogen) atoms. The number of rotatable bonds is 6. The van der Waals surface area contributed by atoms with Crippen LogP contribution in [0.3, 0.4) is 0 Å². The summed E-state index contributed by atoms with van der Waals surface area (Å²) in [6.07, 6.45) is 7.86. The van der Waals surface area contributed by atoms with Crippen LogP contribution in [0, 0.1) is 0 Å². The number of ether oxygens (including phenoxy) is 1. The van der Waals surface area contributed by atoms with Crippen LogP contribution in [-0.2, 0) is 17.2 Å². The van der Waals surface area contributed by atoms with Gasteiger partial charge in [0.1, 0.15) is 11.6 Å². The van der Waals surface area contributed by atoms with Crippen LogP contribution in [0.2, 0.25) is 0 Å². The smallest absolute Gasteiger partial charge is 0.229 e. The fourth-order valence-corrected chi connectivity index (χ4v) is 4.54. The van der Waals surface area contributed by atoms with Crippen molar-refractivity contribution in [1.29, 1.82) is 0 Å². The highest BCUT2D eigenvalue weighted by Crippen LogP contribution is 2.43. The lowest BCUT2D eigenvalue weighted by Gasteiger charge is -2.25. The fourth-order valence-electron chi connectivity index (χ4n) is 4.54. The van der Waals surface area contributed by atoms with Crippen molar-refractivity contribution < 1.29 is 4.74 Å². The second kappa shape index (κ2) is 7.90. The predicted octanol–water partition coefficient (Wildman–Crippen LogP) is 2.83. The van der Waals surface area contributed by atoms with E-state index in [-0.39, 0.29) is 5.41 Å². The van der Waals surface area contributed by atoms with Gasteiger partial charge in [-0.1, -0.05) is 13.0 Å². The molecule has 5 rings (SSSR count). The number of pyridine rings is 1. The molecule has 0 saturated carbocycles. The van der Waals surface area contributed by atoms with E-state index in [1.165, 1.54) is 6.42 Å². The first-order valence-corrected chi connectivity index (χ1v) is 10.7. The molecule has 3 aromatic rings. The van der Waals surface area contributed by atoms with Gasteiger partial charge in [0.15, 0.2) is 0 Å². The van der Waals surface area contributed by atoms with Gasteiger partial charge >= 0.3 is 0 Å². The lowest BCUT2D eigenvalue weighted by Crippen LogP contribution is -2.33. The highest BCUT2D eigenvalue weighted by atomic mass is 16.5. The highest BCUT2D eigenvalue weighted by molar-refractivity contribution is 5.68. The zero-order chi connectivity index (χ0) is 21.4. The summed E-state index contributed by atoms with van der Waals surface area (Å²) in [5.74, 6) is 2.30. The zero-order valence-electron chi connectivity index (χ0n) is 18.2. The Morgan fingerprint density at radius 1 is 1.29 bits per heavy atom. The SMILES string of the molecule is COCC1(C)CN(c2cccc([C@H]3CCCN3)n2)c2nc(Nc3cnn(C)c3)ncc21. The Morgan fingerprint density at radius 2 is 2.19 bits per heavy atom. The molecule has 2 N–H and O–H groups in total. The molecule has 1 saturated heterocycles. The molecule has 0 radical (unpaired) electrons. The van der Waals surface area contributed by atoms with Crippen molar-refractivity contribution in [3.63, 3.8) is 0 Å². The lowest BCUT2D eigenvalue weighted by molar-refractivity contribution is 0.145. The summed E-state index contributed by atoms with van der Waals surface area (Å²) in [7, 11) is 3.61. The summed E-state index contributed by atoms with van der Waals surface area (Å²) in [6, 6.07) is 6.56. The van der Waals surface area contributed by atoms with Crippen LogP contribution in [0.25, 0.3) is 0 Å². The molecule has 162 valence electrons. The summed E-state index contributed by atoms with van der Waals surface area (Å²) in [5, 5.41) is 11.0. The molecule has 1 fully saturated rings. The van der Waals surface area contributed by atoms with Crippen molar-refractivity contribution in [3.05, 3.63) is 48.0 Å². The molecule has 0 aliphatic carbocycles. The minimum absolute atomic E-state index is 0.222. The van der Waals surface area contributed by atoms with E-state index in [4.69, 9.17) is 14.7 Å². The van der Waals surface area contributed by atoms with E-state index < -0.39 is 0 Å². The average molecular weight is 421 g/mol. The van der Waals surface area contributed by atoms with Gasteiger partial charge in [-0.15, -0.1) is 0 Å². The first kappa shape index (κ1) is 19.9. The molecule has 0 aromatic carbocycles. The van der Waals surface area contributed by atoms with Gasteiger partial charge in [-0.25, -0.2) is 9.97 Å². The first-order valence-electron chi connectivity index (χ1n) is 10.7. The molecule has 0 spiro atoms. The van der Waals surface area contributed by atoms with E-state index in [9.17, 15) is 0 Å². The normalized spacial score (nSPS) is 22.7. The summed E-state index contributed by atoms with van der Waals surface area (Å²) in [6.45, 7) is 4.55. The monoisotopic (exact) mass is 420 g/mol. The Kier molecular flexibility index (Phi) is 5.07. The zero-order valence-corrected chi connectivity index (χ0v) is 18.2. The number of anilines is 4. The number of hydrogen-bond acceptors (Lipinski definition) is 8. The van der Waals surface area contributed by atoms with Crippen LogP contribution in [0.5, 0.6) is 0 Å². The van der Waals surface area contributed by atoms with E-state index in [0.717, 1.165) is 48.1 Å². The Hall–Kier alpha value is -3.04. The Balaban J connectivity index is 1.52. The number of nitrogens with one attached hydrogen (secondary N) is 2. The van der Waals surface area contributed by atoms with Crippen LogP contribution in [0.4, 0.5) is 23.3 Å². The van der Waals surface area contributed by atoms with Crippen molar-refractivity contribution in [2.45, 2.75) is 31.2 Å². The Labute approximate surface area is 181 Å². The molecule has 3 aromatic heterocycles. The second-order valence-electron chi connectivity index (χ2n) is 8.61. The van der Waals surface area contributed by atoms with Crippen LogP contribution >= 0.6 is 0 Å². The number of methoxy groups -OCH3 is 1. The minimum atomic E-state index is -0.222. The number of aromatic nitrogens is 5. The fraction of sp³-hybridized carbons (Fsp3) is 0.455. The average Bonchev–Trinajstić information content (AvgIpc) is 3.49. The maximum Gasteiger partial charge on any atom is 0.229 e. The summed E-state index contributed by atoms with van der Waals surface area (Å²) in [4.78, 5) is 16.6. The van der Waals surface area contributed by atoms with Gasteiger partial charge in [0.05, 0.1) is 24.2 Å². The second-order valence-corrected chi connectivity index (χ2v) is 8.61. The third kappa shape index (κ3) is 3.75. The molecule has 0 amide bonds. The summed E-state index contributed by atoms with van der Waals surface area (Å²) >= 11 is 0. The van der Waals surface area contributed by atoms with E-state index >= 15 is 0 Å². The highest BCUT2D eigenvalue weighted by Gasteiger charge is 2.42. The van der Waals surface area contributed by atoms with Crippen LogP contribution in [0.1, 0.15) is 37.1 Å². The molecule has 9 heteroatoms. The topological polar surface area (TPSA) is 93.0 Å². The van der Waals surface area contributed by atoms with Crippen molar-refractivity contribution in [1.82, 2.24) is 30.0 Å². The van der Waals surface area contributed by atoms with E-state index in [1.807, 2.05) is 19.4 Å². The summed E-state index contributed by atoms with van der Waals surface area (Å²) < 4.78 is 7.30. The van der Waals surface area contributed by atoms with Gasteiger partial charge < -0.3 is 20.3 Å². The minimum Gasteiger partial charge on any atom is -0.384 e. The molecule has 9 nitrogen and oxygen atoms in total. The quantitative estimate of drug-likeness (QED) is 0.629. The van der Waals surface area contributed by atoms with E-state index in [2.05, 4.69) is 50.7 Å². The maximum absolute atomic E-state index is 5.56. The van der Waals surface area contributed by atoms with Gasteiger partial charge in [0, 0.05) is 50.1 Å². The number of aryl methyl sites for hydroxylation is 1. The van der Waals surface area contributed by atoms with Crippen LogP contribution < -0.4 is 15.5 Å². The lowest BCUT2D eigenvalue weighted by atomic mass is 9.87. The van der Waals surface area contributed by atoms with Crippen molar-refractivity contribution >= 4 is 23.3 Å². The molecule has 2 atom stereocenters. The van der Waals surface area contributed by atoms with Gasteiger partial charge in [0.2, 0.25) is 5.95 Å². The number of fused-ring (bicyclic) bond motifs is 1. The Morgan fingerprint density at radius 3 is 2.94 bits per heavy atom. The number of nitrogens with zero attached hydrogens (tertiary/aromatic N) is 6. The molecular formula is C22H28N8O. The van der Waals surface area contributed by atoms with Crippen LogP contribution in [0.15, 0.2) is 36.8 Å². The standard InChI is InChI=1S/C22H28N8O/c1-22(14-31-3)13-30(19-8-4-6-18(27-19)17-7-5-9-23-17)20-16(22)11-24-21(28-20)26-15-10-25-29(2)12-15/h4,6,8,10-12,17,23H,5,7,9,13-14H2,1-3H3,(H,24,26,28)/t17-,22?/m1/s1.